The van der Waals surface area contributed by atoms with E-state index in [4.69, 9.17) is 27.0 Å². The summed E-state index contributed by atoms with van der Waals surface area (Å²) in [5.74, 6) is 0.286. The number of hydrogen-bond acceptors (Lipinski definition) is 4. The molecular formula is C9H14Cl2N2O3S. The van der Waals surface area contributed by atoms with Crippen molar-refractivity contribution < 1.29 is 13.2 Å². The van der Waals surface area contributed by atoms with Gasteiger partial charge in [-0.05, 0) is 5.92 Å². The van der Waals surface area contributed by atoms with E-state index in [1.807, 2.05) is 13.8 Å². The Labute approximate surface area is 110 Å². The molecule has 0 aliphatic rings. The van der Waals surface area contributed by atoms with Crippen LogP contribution in [-0.2, 0) is 26.9 Å². The summed E-state index contributed by atoms with van der Waals surface area (Å²) in [5, 5.41) is 4.13. The molecule has 8 heteroatoms. The van der Waals surface area contributed by atoms with Crippen molar-refractivity contribution >= 4 is 31.3 Å². The number of aromatic nitrogens is 2. The van der Waals surface area contributed by atoms with Crippen LogP contribution in [0, 0.1) is 5.92 Å². The molecule has 0 fully saturated rings. The van der Waals surface area contributed by atoms with Crippen molar-refractivity contribution in [1.82, 2.24) is 9.78 Å². The van der Waals surface area contributed by atoms with Gasteiger partial charge in [-0.1, -0.05) is 25.4 Å². The first-order valence-corrected chi connectivity index (χ1v) is 7.64. The van der Waals surface area contributed by atoms with Crippen LogP contribution in [0.1, 0.15) is 19.5 Å². The van der Waals surface area contributed by atoms with Gasteiger partial charge in [0.2, 0.25) is 0 Å². The minimum absolute atomic E-state index is 0.0285. The molecule has 0 aliphatic heterocycles. The number of nitrogens with zero attached hydrogens (tertiary/aromatic N) is 2. The third-order valence-electron chi connectivity index (χ3n) is 1.98. The SMILES string of the molecule is COCc1nn(CC(C)C)c(Cl)c1S(=O)(=O)Cl. The summed E-state index contributed by atoms with van der Waals surface area (Å²) in [4.78, 5) is -0.164. The number of methoxy groups -OCH3 is 1. The molecule has 0 spiro atoms. The Morgan fingerprint density at radius 3 is 2.47 bits per heavy atom. The van der Waals surface area contributed by atoms with Gasteiger partial charge in [-0.2, -0.15) is 5.10 Å². The first-order valence-electron chi connectivity index (χ1n) is 4.96. The number of halogens is 2. The van der Waals surface area contributed by atoms with Gasteiger partial charge in [-0.3, -0.25) is 4.68 Å². The summed E-state index contributed by atoms with van der Waals surface area (Å²) >= 11 is 5.98. The highest BCUT2D eigenvalue weighted by Crippen LogP contribution is 2.29. The molecule has 5 nitrogen and oxygen atoms in total. The second-order valence-corrected chi connectivity index (χ2v) is 6.87. The fourth-order valence-corrected chi connectivity index (χ4v) is 3.22. The maximum absolute atomic E-state index is 11.4. The lowest BCUT2D eigenvalue weighted by molar-refractivity contribution is 0.178. The van der Waals surface area contributed by atoms with Gasteiger partial charge in [0.05, 0.1) is 6.61 Å². The summed E-state index contributed by atoms with van der Waals surface area (Å²) in [7, 11) is 2.85. The molecule has 0 aliphatic carbocycles. The highest BCUT2D eigenvalue weighted by atomic mass is 35.7. The van der Waals surface area contributed by atoms with Gasteiger partial charge in [-0.25, -0.2) is 8.42 Å². The molecule has 17 heavy (non-hydrogen) atoms. The zero-order chi connectivity index (χ0) is 13.2. The largest absolute Gasteiger partial charge is 0.378 e. The summed E-state index contributed by atoms with van der Waals surface area (Å²) in [5.41, 5.74) is 0.230. The predicted molar refractivity (Wildman–Crippen MR) is 65.8 cm³/mol. The van der Waals surface area contributed by atoms with Crippen LogP contribution in [0.2, 0.25) is 5.15 Å². The van der Waals surface area contributed by atoms with Crippen molar-refractivity contribution in [2.45, 2.75) is 31.9 Å². The highest BCUT2D eigenvalue weighted by Gasteiger charge is 2.26. The van der Waals surface area contributed by atoms with Crippen LogP contribution in [0.25, 0.3) is 0 Å². The van der Waals surface area contributed by atoms with Crippen molar-refractivity contribution in [1.29, 1.82) is 0 Å². The van der Waals surface area contributed by atoms with E-state index < -0.39 is 9.05 Å². The molecule has 0 unspecified atom stereocenters. The molecule has 0 bridgehead atoms. The van der Waals surface area contributed by atoms with E-state index in [1.165, 1.54) is 11.8 Å². The number of rotatable bonds is 5. The average Bonchev–Trinajstić information content (AvgIpc) is 2.41. The van der Waals surface area contributed by atoms with E-state index in [9.17, 15) is 8.42 Å². The third kappa shape index (κ3) is 3.58. The first-order chi connectivity index (χ1) is 7.77. The minimum atomic E-state index is -3.92. The molecule has 1 aromatic rings. The Morgan fingerprint density at radius 1 is 1.47 bits per heavy atom. The summed E-state index contributed by atoms with van der Waals surface area (Å²) in [6, 6.07) is 0. The van der Waals surface area contributed by atoms with Gasteiger partial charge in [0.1, 0.15) is 15.7 Å². The van der Waals surface area contributed by atoms with E-state index >= 15 is 0 Å². The van der Waals surface area contributed by atoms with Gasteiger partial charge >= 0.3 is 0 Å². The molecule has 0 saturated heterocycles. The van der Waals surface area contributed by atoms with Gasteiger partial charge in [-0.15, -0.1) is 0 Å². The maximum Gasteiger partial charge on any atom is 0.266 e. The van der Waals surface area contributed by atoms with Crippen LogP contribution < -0.4 is 0 Å². The van der Waals surface area contributed by atoms with Crippen LogP contribution in [0.5, 0.6) is 0 Å². The fraction of sp³-hybridized carbons (Fsp3) is 0.667. The summed E-state index contributed by atoms with van der Waals surface area (Å²) < 4.78 is 29.1. The molecule has 0 atom stereocenters. The van der Waals surface area contributed by atoms with Crippen molar-refractivity contribution in [3.63, 3.8) is 0 Å². The van der Waals surface area contributed by atoms with E-state index in [1.54, 1.807) is 0 Å². The Bertz CT molecular complexity index is 497. The quantitative estimate of drug-likeness (QED) is 0.783. The number of hydrogen-bond donors (Lipinski definition) is 0. The summed E-state index contributed by atoms with van der Waals surface area (Å²) in [6.07, 6.45) is 0. The molecule has 1 heterocycles. The number of ether oxygens (including phenoxy) is 1. The minimum Gasteiger partial charge on any atom is -0.378 e. The zero-order valence-electron chi connectivity index (χ0n) is 9.77. The lowest BCUT2D eigenvalue weighted by atomic mass is 10.2. The van der Waals surface area contributed by atoms with Crippen molar-refractivity contribution in [2.75, 3.05) is 7.11 Å². The van der Waals surface area contributed by atoms with Crippen molar-refractivity contribution in [2.24, 2.45) is 5.92 Å². The second kappa shape index (κ2) is 5.56. The lowest BCUT2D eigenvalue weighted by Gasteiger charge is -2.05. The lowest BCUT2D eigenvalue weighted by Crippen LogP contribution is -2.06. The zero-order valence-corrected chi connectivity index (χ0v) is 12.1. The third-order valence-corrected chi connectivity index (χ3v) is 3.86. The Balaban J connectivity index is 3.30. The van der Waals surface area contributed by atoms with Crippen molar-refractivity contribution in [3.8, 4) is 0 Å². The van der Waals surface area contributed by atoms with E-state index in [0.717, 1.165) is 0 Å². The maximum atomic E-state index is 11.4. The highest BCUT2D eigenvalue weighted by molar-refractivity contribution is 8.13. The Kier molecular flexibility index (Phi) is 4.83. The molecule has 98 valence electrons. The Hall–Kier alpha value is -0.300. The molecule has 1 rings (SSSR count). The van der Waals surface area contributed by atoms with E-state index in [0.29, 0.717) is 6.54 Å². The van der Waals surface area contributed by atoms with E-state index in [-0.39, 0.29) is 28.3 Å². The predicted octanol–water partition coefficient (Wildman–Crippen LogP) is 2.27. The van der Waals surface area contributed by atoms with Gasteiger partial charge in [0, 0.05) is 24.3 Å². The van der Waals surface area contributed by atoms with Gasteiger partial charge < -0.3 is 4.74 Å². The van der Waals surface area contributed by atoms with Crippen LogP contribution in [0.4, 0.5) is 0 Å². The van der Waals surface area contributed by atoms with Crippen LogP contribution in [0.3, 0.4) is 0 Å². The smallest absolute Gasteiger partial charge is 0.266 e. The van der Waals surface area contributed by atoms with Gasteiger partial charge in [0.25, 0.3) is 9.05 Å². The molecule has 1 aromatic heterocycles. The van der Waals surface area contributed by atoms with Gasteiger partial charge in [0.15, 0.2) is 0 Å². The summed E-state index contributed by atoms with van der Waals surface area (Å²) in [6.45, 7) is 4.51. The standard InChI is InChI=1S/C9H14Cl2N2O3S/c1-6(2)4-13-9(10)8(17(11,14)15)7(12-13)5-16-3/h6H,4-5H2,1-3H3. The second-order valence-electron chi connectivity index (χ2n) is 4.01. The first kappa shape index (κ1) is 14.8. The van der Waals surface area contributed by atoms with E-state index in [2.05, 4.69) is 5.10 Å². The average molecular weight is 301 g/mol. The molecule has 0 aromatic carbocycles. The molecular weight excluding hydrogens is 287 g/mol. The fourth-order valence-electron chi connectivity index (χ4n) is 1.41. The van der Waals surface area contributed by atoms with Crippen LogP contribution in [-0.4, -0.2) is 25.3 Å². The molecule has 0 radical (unpaired) electrons. The molecule has 0 amide bonds. The van der Waals surface area contributed by atoms with Crippen LogP contribution >= 0.6 is 22.3 Å². The monoisotopic (exact) mass is 300 g/mol. The van der Waals surface area contributed by atoms with Crippen molar-refractivity contribution in [3.05, 3.63) is 10.8 Å². The topological polar surface area (TPSA) is 61.2 Å². The molecule has 0 saturated carbocycles. The van der Waals surface area contributed by atoms with Crippen LogP contribution in [0.15, 0.2) is 4.90 Å². The molecule has 0 N–H and O–H groups in total. The normalized spacial score (nSPS) is 12.4. The Morgan fingerprint density at radius 2 is 2.06 bits per heavy atom.